The summed E-state index contributed by atoms with van der Waals surface area (Å²) >= 11 is 0. The van der Waals surface area contributed by atoms with Crippen molar-refractivity contribution in [3.63, 3.8) is 0 Å². The summed E-state index contributed by atoms with van der Waals surface area (Å²) in [6.07, 6.45) is 5.33. The predicted molar refractivity (Wildman–Crippen MR) is 56.4 cm³/mol. The van der Waals surface area contributed by atoms with Crippen molar-refractivity contribution in [1.29, 1.82) is 0 Å². The first-order valence-electron chi connectivity index (χ1n) is 4.65. The van der Waals surface area contributed by atoms with E-state index < -0.39 is 0 Å². The lowest BCUT2D eigenvalue weighted by molar-refractivity contribution is 0.567. The highest BCUT2D eigenvalue weighted by Gasteiger charge is 2.12. The average molecular weight is 191 g/mol. The molecule has 1 unspecified atom stereocenters. The zero-order chi connectivity index (χ0) is 10.6. The van der Waals surface area contributed by atoms with Crippen LogP contribution < -0.4 is 5.32 Å². The second-order valence-electron chi connectivity index (χ2n) is 3.14. The molecule has 1 nitrogen and oxygen atoms in total. The van der Waals surface area contributed by atoms with E-state index in [1.165, 1.54) is 0 Å². The topological polar surface area (TPSA) is 12.0 Å². The van der Waals surface area contributed by atoms with Crippen LogP contribution in [0.25, 0.3) is 0 Å². The van der Waals surface area contributed by atoms with Gasteiger partial charge < -0.3 is 5.32 Å². The monoisotopic (exact) mass is 191 g/mol. The van der Waals surface area contributed by atoms with Crippen molar-refractivity contribution in [2.45, 2.75) is 19.9 Å². The Kier molecular flexibility index (Phi) is 3.67. The quantitative estimate of drug-likeness (QED) is 0.723. The number of nitrogens with one attached hydrogen (secondary N) is 1. The lowest BCUT2D eigenvalue weighted by atomic mass is 10.0. The number of rotatable bonds is 3. The molecule has 2 heteroatoms. The lowest BCUT2D eigenvalue weighted by Gasteiger charge is -2.13. The summed E-state index contributed by atoms with van der Waals surface area (Å²) in [5.41, 5.74) is 1.18. The number of hydrogen-bond acceptors (Lipinski definition) is 1. The fourth-order valence-electron chi connectivity index (χ4n) is 1.36. The van der Waals surface area contributed by atoms with Gasteiger partial charge in [0.1, 0.15) is 5.82 Å². The van der Waals surface area contributed by atoms with E-state index in [0.29, 0.717) is 11.1 Å². The Labute approximate surface area is 84.3 Å². The zero-order valence-electron chi connectivity index (χ0n) is 8.47. The van der Waals surface area contributed by atoms with Crippen molar-refractivity contribution >= 4 is 0 Å². The largest absolute Gasteiger partial charge is 0.300 e. The first-order valence-corrected chi connectivity index (χ1v) is 4.65. The van der Waals surface area contributed by atoms with Gasteiger partial charge in [-0.3, -0.25) is 0 Å². The van der Waals surface area contributed by atoms with E-state index in [0.717, 1.165) is 6.54 Å². The van der Waals surface area contributed by atoms with Crippen LogP contribution in [0.3, 0.4) is 0 Å². The maximum Gasteiger partial charge on any atom is 0.131 e. The molecule has 0 bridgehead atoms. The molecule has 0 saturated carbocycles. The van der Waals surface area contributed by atoms with Gasteiger partial charge in [-0.15, -0.1) is 6.42 Å². The molecular weight excluding hydrogens is 177 g/mol. The minimum atomic E-state index is -0.333. The van der Waals surface area contributed by atoms with Crippen LogP contribution in [0.5, 0.6) is 0 Å². The van der Waals surface area contributed by atoms with E-state index >= 15 is 0 Å². The van der Waals surface area contributed by atoms with Gasteiger partial charge in [0.2, 0.25) is 0 Å². The van der Waals surface area contributed by atoms with E-state index in [9.17, 15) is 4.39 Å². The van der Waals surface area contributed by atoms with Crippen molar-refractivity contribution in [3.8, 4) is 12.3 Å². The Balaban J connectivity index is 3.05. The number of hydrogen-bond donors (Lipinski definition) is 1. The van der Waals surface area contributed by atoms with Gasteiger partial charge in [0.15, 0.2) is 0 Å². The number of terminal acetylenes is 1. The van der Waals surface area contributed by atoms with E-state index in [1.807, 2.05) is 13.0 Å². The molecule has 0 heterocycles. The Morgan fingerprint density at radius 2 is 2.29 bits per heavy atom. The summed E-state index contributed by atoms with van der Waals surface area (Å²) in [5.74, 6) is 2.32. The molecule has 0 aliphatic carbocycles. The van der Waals surface area contributed by atoms with E-state index in [4.69, 9.17) is 6.42 Å². The molecule has 1 atom stereocenters. The van der Waals surface area contributed by atoms with Gasteiger partial charge in [-0.25, -0.2) is 4.39 Å². The van der Waals surface area contributed by atoms with Crippen LogP contribution in [0.4, 0.5) is 4.39 Å². The molecule has 14 heavy (non-hydrogen) atoms. The lowest BCUT2D eigenvalue weighted by Crippen LogP contribution is -2.20. The molecule has 0 fully saturated rings. The Bertz CT molecular complexity index is 352. The van der Waals surface area contributed by atoms with E-state index in [1.54, 1.807) is 19.1 Å². The number of aryl methyl sites for hydroxylation is 1. The molecule has 1 aromatic carbocycles. The van der Waals surface area contributed by atoms with Crippen LogP contribution in [-0.4, -0.2) is 6.54 Å². The molecule has 0 radical (unpaired) electrons. The normalized spacial score (nSPS) is 12.1. The molecular formula is C12H14FN. The second-order valence-corrected chi connectivity index (χ2v) is 3.14. The Morgan fingerprint density at radius 1 is 1.57 bits per heavy atom. The summed E-state index contributed by atoms with van der Waals surface area (Å²) in [5, 5.41) is 3.04. The summed E-state index contributed by atoms with van der Waals surface area (Å²) in [6.45, 7) is 4.40. The van der Waals surface area contributed by atoms with Crippen molar-refractivity contribution in [1.82, 2.24) is 5.32 Å². The van der Waals surface area contributed by atoms with Crippen LogP contribution in [0.1, 0.15) is 24.1 Å². The summed E-state index contributed by atoms with van der Waals surface area (Å²) < 4.78 is 13.6. The third-order valence-electron chi connectivity index (χ3n) is 2.11. The van der Waals surface area contributed by atoms with Crippen molar-refractivity contribution < 1.29 is 4.39 Å². The molecule has 1 aromatic rings. The van der Waals surface area contributed by atoms with Gasteiger partial charge in [0.25, 0.3) is 0 Å². The summed E-state index contributed by atoms with van der Waals surface area (Å²) in [6, 6.07) is 4.93. The summed E-state index contributed by atoms with van der Waals surface area (Å²) in [7, 11) is 0. The number of benzene rings is 1. The molecule has 0 amide bonds. The van der Waals surface area contributed by atoms with E-state index in [-0.39, 0.29) is 11.9 Å². The fraction of sp³-hybridized carbons (Fsp3) is 0.333. The van der Waals surface area contributed by atoms with Gasteiger partial charge in [-0.1, -0.05) is 31.0 Å². The Hall–Kier alpha value is -1.33. The van der Waals surface area contributed by atoms with E-state index in [2.05, 4.69) is 11.2 Å². The first-order chi connectivity index (χ1) is 6.70. The SMILES string of the molecule is C#CC(NCC)c1cccc(C)c1F. The molecule has 0 aliphatic rings. The van der Waals surface area contributed by atoms with Crippen molar-refractivity contribution in [3.05, 3.63) is 35.1 Å². The minimum absolute atomic E-state index is 0.212. The minimum Gasteiger partial charge on any atom is -0.300 e. The van der Waals surface area contributed by atoms with Crippen LogP contribution in [0, 0.1) is 25.1 Å². The maximum absolute atomic E-state index is 13.6. The highest BCUT2D eigenvalue weighted by Crippen LogP contribution is 2.18. The van der Waals surface area contributed by atoms with Gasteiger partial charge >= 0.3 is 0 Å². The van der Waals surface area contributed by atoms with Crippen molar-refractivity contribution in [2.75, 3.05) is 6.54 Å². The van der Waals surface area contributed by atoms with Gasteiger partial charge in [-0.05, 0) is 19.0 Å². The molecule has 0 aromatic heterocycles. The highest BCUT2D eigenvalue weighted by molar-refractivity contribution is 5.31. The van der Waals surface area contributed by atoms with Gasteiger partial charge in [-0.2, -0.15) is 0 Å². The smallest absolute Gasteiger partial charge is 0.131 e. The summed E-state index contributed by atoms with van der Waals surface area (Å²) in [4.78, 5) is 0. The highest BCUT2D eigenvalue weighted by atomic mass is 19.1. The number of halogens is 1. The standard InChI is InChI=1S/C12H14FN/c1-4-11(14-5-2)10-8-6-7-9(3)12(10)13/h1,6-8,11,14H,5H2,2-3H3. The molecule has 74 valence electrons. The molecule has 1 N–H and O–H groups in total. The molecule has 0 spiro atoms. The Morgan fingerprint density at radius 3 is 2.86 bits per heavy atom. The molecule has 0 aliphatic heterocycles. The van der Waals surface area contributed by atoms with Crippen LogP contribution in [0.2, 0.25) is 0 Å². The van der Waals surface area contributed by atoms with Gasteiger partial charge in [0, 0.05) is 5.56 Å². The van der Waals surface area contributed by atoms with Crippen molar-refractivity contribution in [2.24, 2.45) is 0 Å². The van der Waals surface area contributed by atoms with Crippen LogP contribution >= 0.6 is 0 Å². The predicted octanol–water partition coefficient (Wildman–Crippen LogP) is 2.42. The second kappa shape index (κ2) is 4.78. The maximum atomic E-state index is 13.6. The average Bonchev–Trinajstić information content (AvgIpc) is 2.19. The third-order valence-corrected chi connectivity index (χ3v) is 2.11. The fourth-order valence-corrected chi connectivity index (χ4v) is 1.36. The van der Waals surface area contributed by atoms with Crippen LogP contribution in [-0.2, 0) is 0 Å². The third kappa shape index (κ3) is 2.12. The molecule has 1 rings (SSSR count). The van der Waals surface area contributed by atoms with Gasteiger partial charge in [0.05, 0.1) is 6.04 Å². The van der Waals surface area contributed by atoms with Crippen LogP contribution in [0.15, 0.2) is 18.2 Å². The first kappa shape index (κ1) is 10.7. The zero-order valence-corrected chi connectivity index (χ0v) is 8.47. The molecule has 0 saturated heterocycles.